The molecule has 0 bridgehead atoms. The summed E-state index contributed by atoms with van der Waals surface area (Å²) >= 11 is 8.31. The summed E-state index contributed by atoms with van der Waals surface area (Å²) in [6.07, 6.45) is 6.82. The molecule has 1 saturated carbocycles. The van der Waals surface area contributed by atoms with Crippen LogP contribution in [0, 0.1) is 5.92 Å². The summed E-state index contributed by atoms with van der Waals surface area (Å²) in [5.74, 6) is 2.14. The largest absolute Gasteiger partial charge is 0.313 e. The van der Waals surface area contributed by atoms with Crippen LogP contribution in [0.15, 0.2) is 23.1 Å². The quantitative estimate of drug-likeness (QED) is 0.553. The van der Waals surface area contributed by atoms with Crippen LogP contribution in [-0.2, 0) is 6.54 Å². The molecule has 0 aromatic heterocycles. The van der Waals surface area contributed by atoms with Gasteiger partial charge < -0.3 is 5.32 Å². The van der Waals surface area contributed by atoms with E-state index in [2.05, 4.69) is 30.4 Å². The van der Waals surface area contributed by atoms with Crippen LogP contribution in [0.2, 0.25) is 5.02 Å². The van der Waals surface area contributed by atoms with Crippen molar-refractivity contribution in [3.05, 3.63) is 28.8 Å². The fraction of sp³-hybridized carbons (Fsp3) is 0.625. The summed E-state index contributed by atoms with van der Waals surface area (Å²) in [5.41, 5.74) is 1.28. The van der Waals surface area contributed by atoms with E-state index < -0.39 is 0 Å². The highest BCUT2D eigenvalue weighted by Gasteiger charge is 2.15. The Morgan fingerprint density at radius 1 is 1.32 bits per heavy atom. The zero-order valence-electron chi connectivity index (χ0n) is 11.8. The lowest BCUT2D eigenvalue weighted by Crippen LogP contribution is -2.13. The van der Waals surface area contributed by atoms with Gasteiger partial charge in [0.05, 0.1) is 5.02 Å². The molecule has 0 saturated heterocycles. The first-order chi connectivity index (χ1) is 9.29. The highest BCUT2D eigenvalue weighted by Crippen LogP contribution is 2.34. The van der Waals surface area contributed by atoms with Crippen molar-refractivity contribution in [1.29, 1.82) is 0 Å². The molecule has 0 aliphatic heterocycles. The van der Waals surface area contributed by atoms with Crippen molar-refractivity contribution in [2.75, 3.05) is 12.3 Å². The zero-order chi connectivity index (χ0) is 13.5. The zero-order valence-corrected chi connectivity index (χ0v) is 13.3. The van der Waals surface area contributed by atoms with Gasteiger partial charge in [-0.05, 0) is 49.4 Å². The summed E-state index contributed by atoms with van der Waals surface area (Å²) in [6, 6.07) is 6.50. The average molecular weight is 298 g/mol. The number of nitrogens with one attached hydrogen (secondary N) is 1. The minimum absolute atomic E-state index is 0.909. The number of hydrogen-bond acceptors (Lipinski definition) is 2. The number of benzene rings is 1. The summed E-state index contributed by atoms with van der Waals surface area (Å²) < 4.78 is 0. The van der Waals surface area contributed by atoms with Gasteiger partial charge in [0, 0.05) is 17.2 Å². The van der Waals surface area contributed by atoms with Crippen LogP contribution in [0.1, 0.15) is 44.6 Å². The molecule has 3 heteroatoms. The molecule has 0 amide bonds. The molecule has 0 atom stereocenters. The monoisotopic (exact) mass is 297 g/mol. The lowest BCUT2D eigenvalue weighted by molar-refractivity contribution is 0.623. The Morgan fingerprint density at radius 3 is 2.79 bits per heavy atom. The minimum atomic E-state index is 0.909. The van der Waals surface area contributed by atoms with Gasteiger partial charge in [0.15, 0.2) is 0 Å². The molecule has 1 N–H and O–H groups in total. The van der Waals surface area contributed by atoms with Gasteiger partial charge in [-0.2, -0.15) is 0 Å². The Morgan fingerprint density at radius 2 is 2.11 bits per heavy atom. The second kappa shape index (κ2) is 8.18. The van der Waals surface area contributed by atoms with Gasteiger partial charge >= 0.3 is 0 Å². The first-order valence-corrected chi connectivity index (χ1v) is 8.78. The number of hydrogen-bond donors (Lipinski definition) is 1. The van der Waals surface area contributed by atoms with E-state index in [4.69, 9.17) is 11.6 Å². The molecular formula is C16H24ClNS. The molecule has 19 heavy (non-hydrogen) atoms. The van der Waals surface area contributed by atoms with Crippen LogP contribution < -0.4 is 5.32 Å². The number of rotatable bonds is 7. The molecule has 1 fully saturated rings. The highest BCUT2D eigenvalue weighted by atomic mass is 35.5. The average Bonchev–Trinajstić information content (AvgIpc) is 2.91. The first kappa shape index (κ1) is 15.2. The molecule has 0 radical (unpaired) electrons. The third-order valence-corrected chi connectivity index (χ3v) is 5.43. The fourth-order valence-corrected chi connectivity index (χ4v) is 4.04. The smallest absolute Gasteiger partial charge is 0.0545 e. The Labute approximate surface area is 126 Å². The van der Waals surface area contributed by atoms with E-state index in [9.17, 15) is 0 Å². The Hall–Kier alpha value is -0.180. The second-order valence-electron chi connectivity index (χ2n) is 5.40. The SMILES string of the molecule is CCCNCc1ccc(SCC2CCCC2)c(Cl)c1. The van der Waals surface area contributed by atoms with Crippen LogP contribution in [-0.4, -0.2) is 12.3 Å². The third kappa shape index (κ3) is 5.02. The topological polar surface area (TPSA) is 12.0 Å². The highest BCUT2D eigenvalue weighted by molar-refractivity contribution is 7.99. The molecule has 1 nitrogen and oxygen atoms in total. The predicted octanol–water partition coefficient (Wildman–Crippen LogP) is 5.12. The maximum Gasteiger partial charge on any atom is 0.0545 e. The van der Waals surface area contributed by atoms with Gasteiger partial charge in [0.1, 0.15) is 0 Å². The molecule has 2 rings (SSSR count). The van der Waals surface area contributed by atoms with Crippen molar-refractivity contribution in [3.8, 4) is 0 Å². The molecular weight excluding hydrogens is 274 g/mol. The number of thioether (sulfide) groups is 1. The third-order valence-electron chi connectivity index (χ3n) is 3.70. The Balaban J connectivity index is 1.83. The van der Waals surface area contributed by atoms with Crippen LogP contribution >= 0.6 is 23.4 Å². The van der Waals surface area contributed by atoms with Gasteiger partial charge in [-0.1, -0.05) is 37.4 Å². The van der Waals surface area contributed by atoms with E-state index in [1.807, 2.05) is 11.8 Å². The van der Waals surface area contributed by atoms with Crippen molar-refractivity contribution in [1.82, 2.24) is 5.32 Å². The van der Waals surface area contributed by atoms with Gasteiger partial charge in [0.25, 0.3) is 0 Å². The standard InChI is InChI=1S/C16H24ClNS/c1-2-9-18-11-14-7-8-16(15(17)10-14)19-12-13-5-3-4-6-13/h7-8,10,13,18H,2-6,9,11-12H2,1H3. The van der Waals surface area contributed by atoms with Crippen molar-refractivity contribution in [2.24, 2.45) is 5.92 Å². The maximum atomic E-state index is 6.38. The summed E-state index contributed by atoms with van der Waals surface area (Å²) in [5, 5.41) is 4.32. The van der Waals surface area contributed by atoms with E-state index in [0.717, 1.165) is 24.0 Å². The molecule has 1 aliphatic rings. The van der Waals surface area contributed by atoms with Crippen molar-refractivity contribution in [2.45, 2.75) is 50.5 Å². The molecule has 1 aliphatic carbocycles. The first-order valence-electron chi connectivity index (χ1n) is 7.41. The van der Waals surface area contributed by atoms with Gasteiger partial charge in [0.2, 0.25) is 0 Å². The maximum absolute atomic E-state index is 6.38. The number of halogens is 1. The van der Waals surface area contributed by atoms with E-state index in [-0.39, 0.29) is 0 Å². The van der Waals surface area contributed by atoms with E-state index >= 15 is 0 Å². The summed E-state index contributed by atoms with van der Waals surface area (Å²) in [6.45, 7) is 4.17. The van der Waals surface area contributed by atoms with Crippen molar-refractivity contribution in [3.63, 3.8) is 0 Å². The van der Waals surface area contributed by atoms with E-state index in [1.165, 1.54) is 48.3 Å². The van der Waals surface area contributed by atoms with Gasteiger partial charge in [-0.15, -0.1) is 11.8 Å². The lowest BCUT2D eigenvalue weighted by atomic mass is 10.1. The van der Waals surface area contributed by atoms with Gasteiger partial charge in [-0.3, -0.25) is 0 Å². The lowest BCUT2D eigenvalue weighted by Gasteiger charge is -2.11. The molecule has 106 valence electrons. The normalized spacial score (nSPS) is 16.1. The molecule has 1 aromatic rings. The second-order valence-corrected chi connectivity index (χ2v) is 6.87. The Bertz CT molecular complexity index is 388. The van der Waals surface area contributed by atoms with Crippen molar-refractivity contribution < 1.29 is 0 Å². The van der Waals surface area contributed by atoms with Crippen LogP contribution in [0.4, 0.5) is 0 Å². The van der Waals surface area contributed by atoms with Crippen molar-refractivity contribution >= 4 is 23.4 Å². The molecule has 0 spiro atoms. The minimum Gasteiger partial charge on any atom is -0.313 e. The van der Waals surface area contributed by atoms with Gasteiger partial charge in [-0.25, -0.2) is 0 Å². The molecule has 0 unspecified atom stereocenters. The summed E-state index contributed by atoms with van der Waals surface area (Å²) in [4.78, 5) is 1.24. The van der Waals surface area contributed by atoms with Crippen LogP contribution in [0.25, 0.3) is 0 Å². The predicted molar refractivity (Wildman–Crippen MR) is 86.1 cm³/mol. The van der Waals surface area contributed by atoms with Crippen LogP contribution in [0.3, 0.4) is 0 Å². The van der Waals surface area contributed by atoms with E-state index in [0.29, 0.717) is 0 Å². The van der Waals surface area contributed by atoms with E-state index in [1.54, 1.807) is 0 Å². The fourth-order valence-electron chi connectivity index (χ4n) is 2.57. The van der Waals surface area contributed by atoms with Crippen LogP contribution in [0.5, 0.6) is 0 Å². The Kier molecular flexibility index (Phi) is 6.55. The molecule has 1 aromatic carbocycles. The molecule has 0 heterocycles. The summed E-state index contributed by atoms with van der Waals surface area (Å²) in [7, 11) is 0.